The Bertz CT molecular complexity index is 903. The molecule has 0 atom stereocenters. The van der Waals surface area contributed by atoms with Crippen LogP contribution in [0.25, 0.3) is 11.1 Å². The lowest BCUT2D eigenvalue weighted by Crippen LogP contribution is -2.32. The molecule has 158 valence electrons. The molecular weight excluding hydrogens is 384 g/mol. The molecule has 0 aliphatic rings. The molecule has 1 aromatic carbocycles. The van der Waals surface area contributed by atoms with Crippen molar-refractivity contribution in [2.75, 3.05) is 12.4 Å². The highest BCUT2D eigenvalue weighted by atomic mass is 32.2. The fourth-order valence-corrected chi connectivity index (χ4v) is 3.61. The molecule has 1 heterocycles. The molecule has 0 saturated heterocycles. The van der Waals surface area contributed by atoms with E-state index in [4.69, 9.17) is 4.74 Å². The SMILES string of the molecule is Cc1ccccc1-c1cnc(SCCCCOC(=O)C(C)(C)C(C)C)n(C)c1=O. The molecule has 0 amide bonds. The van der Waals surface area contributed by atoms with E-state index >= 15 is 0 Å². The Morgan fingerprint density at radius 3 is 2.55 bits per heavy atom. The predicted octanol–water partition coefficient (Wildman–Crippen LogP) is 4.85. The number of nitrogens with zero attached hydrogens (tertiary/aromatic N) is 2. The number of rotatable bonds is 9. The average Bonchev–Trinajstić information content (AvgIpc) is 2.68. The van der Waals surface area contributed by atoms with Gasteiger partial charge in [0.15, 0.2) is 5.16 Å². The van der Waals surface area contributed by atoms with E-state index in [9.17, 15) is 9.59 Å². The van der Waals surface area contributed by atoms with E-state index in [1.54, 1.807) is 29.6 Å². The lowest BCUT2D eigenvalue weighted by Gasteiger charge is -2.26. The quantitative estimate of drug-likeness (QED) is 0.253. The van der Waals surface area contributed by atoms with Crippen LogP contribution in [-0.2, 0) is 16.6 Å². The van der Waals surface area contributed by atoms with Crippen LogP contribution in [0.5, 0.6) is 0 Å². The van der Waals surface area contributed by atoms with Crippen molar-refractivity contribution >= 4 is 17.7 Å². The first kappa shape index (κ1) is 23.2. The van der Waals surface area contributed by atoms with Gasteiger partial charge in [-0.1, -0.05) is 49.9 Å². The van der Waals surface area contributed by atoms with Gasteiger partial charge in [-0.25, -0.2) is 4.98 Å². The number of benzene rings is 1. The number of ether oxygens (including phenoxy) is 1. The third-order valence-corrected chi connectivity index (χ3v) is 6.66. The van der Waals surface area contributed by atoms with Crippen molar-refractivity contribution < 1.29 is 9.53 Å². The van der Waals surface area contributed by atoms with Crippen LogP contribution >= 0.6 is 11.8 Å². The van der Waals surface area contributed by atoms with Crippen LogP contribution in [0.1, 0.15) is 46.1 Å². The van der Waals surface area contributed by atoms with Crippen LogP contribution in [-0.4, -0.2) is 27.9 Å². The summed E-state index contributed by atoms with van der Waals surface area (Å²) in [5.41, 5.74) is 2.09. The van der Waals surface area contributed by atoms with Crippen molar-refractivity contribution in [2.45, 2.75) is 52.6 Å². The van der Waals surface area contributed by atoms with E-state index in [1.165, 1.54) is 0 Å². The van der Waals surface area contributed by atoms with Crippen molar-refractivity contribution in [2.24, 2.45) is 18.4 Å². The van der Waals surface area contributed by atoms with Gasteiger partial charge in [-0.2, -0.15) is 0 Å². The molecular formula is C23H32N2O3S. The minimum absolute atomic E-state index is 0.0401. The van der Waals surface area contributed by atoms with E-state index in [-0.39, 0.29) is 17.4 Å². The molecule has 0 fully saturated rings. The predicted molar refractivity (Wildman–Crippen MR) is 119 cm³/mol. The first-order chi connectivity index (χ1) is 13.7. The number of hydrogen-bond acceptors (Lipinski definition) is 5. The summed E-state index contributed by atoms with van der Waals surface area (Å²) >= 11 is 1.55. The first-order valence-electron chi connectivity index (χ1n) is 10.1. The molecule has 0 unspecified atom stereocenters. The number of aryl methyl sites for hydroxylation is 1. The number of thioether (sulfide) groups is 1. The summed E-state index contributed by atoms with van der Waals surface area (Å²) in [6, 6.07) is 7.83. The summed E-state index contributed by atoms with van der Waals surface area (Å²) in [5.74, 6) is 0.909. The normalized spacial score (nSPS) is 11.7. The molecule has 0 aliphatic carbocycles. The Labute approximate surface area is 177 Å². The first-order valence-corrected chi connectivity index (χ1v) is 11.1. The Hall–Kier alpha value is -2.08. The Balaban J connectivity index is 1.86. The third-order valence-electron chi connectivity index (χ3n) is 5.53. The number of carbonyl (C=O) groups excluding carboxylic acids is 1. The molecule has 0 radical (unpaired) electrons. The number of unbranched alkanes of at least 4 members (excludes halogenated alkanes) is 1. The molecule has 0 aliphatic heterocycles. The standard InChI is InChI=1S/C23H32N2O3S/c1-16(2)23(4,5)21(27)28-13-9-10-14-29-22-24-15-19(20(26)25(22)6)18-12-8-7-11-17(18)3/h7-8,11-12,15-16H,9-10,13-14H2,1-6H3. The van der Waals surface area contributed by atoms with Crippen LogP contribution in [0.2, 0.25) is 0 Å². The van der Waals surface area contributed by atoms with E-state index in [0.29, 0.717) is 17.3 Å². The molecule has 0 spiro atoms. The Morgan fingerprint density at radius 1 is 1.21 bits per heavy atom. The third kappa shape index (κ3) is 5.72. The monoisotopic (exact) mass is 416 g/mol. The van der Waals surface area contributed by atoms with E-state index in [1.807, 2.05) is 58.9 Å². The van der Waals surface area contributed by atoms with Gasteiger partial charge in [0.2, 0.25) is 0 Å². The summed E-state index contributed by atoms with van der Waals surface area (Å²) in [4.78, 5) is 29.4. The van der Waals surface area contributed by atoms with Crippen LogP contribution in [0.4, 0.5) is 0 Å². The number of hydrogen-bond donors (Lipinski definition) is 0. The van der Waals surface area contributed by atoms with E-state index in [2.05, 4.69) is 4.98 Å². The molecule has 2 rings (SSSR count). The van der Waals surface area contributed by atoms with Crippen LogP contribution < -0.4 is 5.56 Å². The highest BCUT2D eigenvalue weighted by Crippen LogP contribution is 2.27. The highest BCUT2D eigenvalue weighted by Gasteiger charge is 2.32. The zero-order valence-electron chi connectivity index (χ0n) is 18.3. The second-order valence-electron chi connectivity index (χ2n) is 8.20. The summed E-state index contributed by atoms with van der Waals surface area (Å²) in [5, 5.41) is 0.699. The molecule has 2 aromatic rings. The Kier molecular flexibility index (Phi) is 8.08. The summed E-state index contributed by atoms with van der Waals surface area (Å²) in [6.07, 6.45) is 3.35. The number of carbonyl (C=O) groups is 1. The fourth-order valence-electron chi connectivity index (χ4n) is 2.68. The van der Waals surface area contributed by atoms with Crippen LogP contribution in [0.15, 0.2) is 40.4 Å². The van der Waals surface area contributed by atoms with Gasteiger partial charge in [-0.05, 0) is 50.7 Å². The van der Waals surface area contributed by atoms with Crippen molar-refractivity contribution in [3.8, 4) is 11.1 Å². The van der Waals surface area contributed by atoms with Crippen molar-refractivity contribution in [1.82, 2.24) is 9.55 Å². The van der Waals surface area contributed by atoms with Crippen molar-refractivity contribution in [3.63, 3.8) is 0 Å². The smallest absolute Gasteiger partial charge is 0.311 e. The molecule has 0 saturated carbocycles. The zero-order valence-corrected chi connectivity index (χ0v) is 19.1. The molecule has 1 aromatic heterocycles. The molecule has 29 heavy (non-hydrogen) atoms. The van der Waals surface area contributed by atoms with Gasteiger partial charge in [-0.3, -0.25) is 14.2 Å². The molecule has 0 N–H and O–H groups in total. The Morgan fingerprint density at radius 2 is 1.90 bits per heavy atom. The van der Waals surface area contributed by atoms with Gasteiger partial charge in [0.1, 0.15) is 0 Å². The maximum absolute atomic E-state index is 12.8. The lowest BCUT2D eigenvalue weighted by molar-refractivity contribution is -0.156. The van der Waals surface area contributed by atoms with Crippen molar-refractivity contribution in [1.29, 1.82) is 0 Å². The number of aromatic nitrogens is 2. The van der Waals surface area contributed by atoms with Crippen LogP contribution in [0.3, 0.4) is 0 Å². The maximum Gasteiger partial charge on any atom is 0.311 e. The average molecular weight is 417 g/mol. The molecule has 0 bridgehead atoms. The van der Waals surface area contributed by atoms with Gasteiger partial charge in [-0.15, -0.1) is 0 Å². The summed E-state index contributed by atoms with van der Waals surface area (Å²) < 4.78 is 7.03. The second-order valence-corrected chi connectivity index (χ2v) is 9.26. The van der Waals surface area contributed by atoms with Gasteiger partial charge < -0.3 is 4.74 Å². The van der Waals surface area contributed by atoms with Gasteiger partial charge in [0, 0.05) is 19.0 Å². The van der Waals surface area contributed by atoms with E-state index < -0.39 is 5.41 Å². The second kappa shape index (κ2) is 10.1. The minimum Gasteiger partial charge on any atom is -0.465 e. The topological polar surface area (TPSA) is 61.2 Å². The van der Waals surface area contributed by atoms with Gasteiger partial charge >= 0.3 is 5.97 Å². The highest BCUT2D eigenvalue weighted by molar-refractivity contribution is 7.99. The number of esters is 1. The van der Waals surface area contributed by atoms with Gasteiger partial charge in [0.05, 0.1) is 17.6 Å². The fraction of sp³-hybridized carbons (Fsp3) is 0.522. The minimum atomic E-state index is -0.462. The van der Waals surface area contributed by atoms with Gasteiger partial charge in [0.25, 0.3) is 5.56 Å². The van der Waals surface area contributed by atoms with Crippen LogP contribution in [0, 0.1) is 18.3 Å². The zero-order chi connectivity index (χ0) is 21.6. The summed E-state index contributed by atoms with van der Waals surface area (Å²) in [7, 11) is 1.76. The molecule has 6 heteroatoms. The summed E-state index contributed by atoms with van der Waals surface area (Å²) in [6.45, 7) is 10.3. The van der Waals surface area contributed by atoms with Crippen molar-refractivity contribution in [3.05, 3.63) is 46.4 Å². The largest absolute Gasteiger partial charge is 0.465 e. The maximum atomic E-state index is 12.8. The lowest BCUT2D eigenvalue weighted by atomic mass is 9.81. The molecule has 5 nitrogen and oxygen atoms in total. The van der Waals surface area contributed by atoms with E-state index in [0.717, 1.165) is 29.7 Å².